The van der Waals surface area contributed by atoms with Gasteiger partial charge in [-0.2, -0.15) is 22.0 Å². The van der Waals surface area contributed by atoms with Crippen LogP contribution in [0.2, 0.25) is 0 Å². The van der Waals surface area contributed by atoms with Crippen molar-refractivity contribution in [1.82, 2.24) is 9.55 Å². The van der Waals surface area contributed by atoms with Gasteiger partial charge in [0, 0.05) is 23.6 Å². The van der Waals surface area contributed by atoms with Gasteiger partial charge in [0.25, 0.3) is 0 Å². The van der Waals surface area contributed by atoms with E-state index >= 15 is 0 Å². The summed E-state index contributed by atoms with van der Waals surface area (Å²) in [5.74, 6) is 0.382. The van der Waals surface area contributed by atoms with Crippen molar-refractivity contribution in [2.24, 2.45) is 0 Å². The molecule has 0 spiro atoms. The molecule has 0 fully saturated rings. The van der Waals surface area contributed by atoms with Crippen molar-refractivity contribution in [3.63, 3.8) is 0 Å². The van der Waals surface area contributed by atoms with Gasteiger partial charge < -0.3 is 4.74 Å². The number of hydrogen-bond donors (Lipinski definition) is 0. The minimum Gasteiger partial charge on any atom is -0.435 e. The highest BCUT2D eigenvalue weighted by atomic mass is 32.2. The molecule has 0 atom stereocenters. The first-order chi connectivity index (χ1) is 15.8. The maximum atomic E-state index is 12.8. The van der Waals surface area contributed by atoms with Crippen LogP contribution in [0.15, 0.2) is 90.2 Å². The maximum Gasteiger partial charge on any atom is 0.416 e. The van der Waals surface area contributed by atoms with Gasteiger partial charge >= 0.3 is 12.8 Å². The van der Waals surface area contributed by atoms with E-state index in [9.17, 15) is 22.0 Å². The van der Waals surface area contributed by atoms with Crippen molar-refractivity contribution in [2.75, 3.05) is 0 Å². The van der Waals surface area contributed by atoms with E-state index in [2.05, 4.69) is 9.72 Å². The second-order valence-electron chi connectivity index (χ2n) is 7.00. The molecule has 170 valence electrons. The number of ether oxygens (including phenoxy) is 1. The molecule has 9 heteroatoms. The molecule has 1 heterocycles. The maximum absolute atomic E-state index is 12.8. The quantitative estimate of drug-likeness (QED) is 0.205. The second-order valence-corrected chi connectivity index (χ2v) is 7.95. The number of benzene rings is 3. The number of alkyl halides is 5. The summed E-state index contributed by atoms with van der Waals surface area (Å²) in [7, 11) is 0. The van der Waals surface area contributed by atoms with E-state index in [-0.39, 0.29) is 5.75 Å². The molecular weight excluding hydrogens is 459 g/mol. The fraction of sp³-hybridized carbons (Fsp3) is 0.125. The minimum absolute atomic E-state index is 0.0103. The van der Waals surface area contributed by atoms with Crippen molar-refractivity contribution in [3.8, 4) is 22.7 Å². The first-order valence-corrected chi connectivity index (χ1v) is 10.8. The Bertz CT molecular complexity index is 1210. The van der Waals surface area contributed by atoms with Gasteiger partial charge in [0.1, 0.15) is 5.75 Å². The number of aromatic nitrogens is 2. The van der Waals surface area contributed by atoms with Crippen LogP contribution in [-0.4, -0.2) is 16.2 Å². The Kier molecular flexibility index (Phi) is 6.69. The highest BCUT2D eigenvalue weighted by molar-refractivity contribution is 7.98. The monoisotopic (exact) mass is 476 g/mol. The molecule has 0 bridgehead atoms. The summed E-state index contributed by atoms with van der Waals surface area (Å²) in [4.78, 5) is 4.68. The van der Waals surface area contributed by atoms with Gasteiger partial charge in [-0.3, -0.25) is 4.57 Å². The van der Waals surface area contributed by atoms with Crippen molar-refractivity contribution in [3.05, 3.63) is 96.2 Å². The lowest BCUT2D eigenvalue weighted by atomic mass is 10.1. The SMILES string of the molecule is FC(F)Oc1cccc(-n2cc(-c3ccccc3)nc2SCc2ccc(C(F)(F)F)cc2)c1. The standard InChI is InChI=1S/C24H17F5N2OS/c25-22(26)32-20-8-4-7-19(13-20)31-14-21(17-5-2-1-3-6-17)30-23(31)33-15-16-9-11-18(12-10-16)24(27,28)29/h1-14,22H,15H2. The molecule has 0 aliphatic carbocycles. The Morgan fingerprint density at radius 2 is 1.64 bits per heavy atom. The highest BCUT2D eigenvalue weighted by Gasteiger charge is 2.29. The Balaban J connectivity index is 1.64. The minimum atomic E-state index is -4.39. The molecule has 0 amide bonds. The molecule has 33 heavy (non-hydrogen) atoms. The Hall–Kier alpha value is -3.33. The fourth-order valence-electron chi connectivity index (χ4n) is 3.15. The van der Waals surface area contributed by atoms with E-state index in [1.54, 1.807) is 22.9 Å². The van der Waals surface area contributed by atoms with Crippen molar-refractivity contribution < 1.29 is 26.7 Å². The third-order valence-electron chi connectivity index (χ3n) is 4.71. The van der Waals surface area contributed by atoms with E-state index < -0.39 is 18.4 Å². The topological polar surface area (TPSA) is 27.1 Å². The molecule has 1 aromatic heterocycles. The molecule has 3 nitrogen and oxygen atoms in total. The molecule has 0 saturated carbocycles. The van der Waals surface area contributed by atoms with E-state index in [1.165, 1.54) is 36.0 Å². The van der Waals surface area contributed by atoms with E-state index in [0.29, 0.717) is 27.9 Å². The summed E-state index contributed by atoms with van der Waals surface area (Å²) in [5, 5.41) is 0.558. The zero-order valence-corrected chi connectivity index (χ0v) is 17.8. The predicted octanol–water partition coefficient (Wildman–Crippen LogP) is 7.45. The number of imidazole rings is 1. The number of nitrogens with zero attached hydrogens (tertiary/aromatic N) is 2. The van der Waals surface area contributed by atoms with Crippen LogP contribution in [0, 0.1) is 0 Å². The number of hydrogen-bond acceptors (Lipinski definition) is 3. The molecule has 0 aliphatic heterocycles. The predicted molar refractivity (Wildman–Crippen MR) is 117 cm³/mol. The first-order valence-electron chi connectivity index (χ1n) is 9.78. The van der Waals surface area contributed by atoms with Gasteiger partial charge in [-0.25, -0.2) is 4.98 Å². The highest BCUT2D eigenvalue weighted by Crippen LogP contribution is 2.32. The van der Waals surface area contributed by atoms with Crippen LogP contribution in [0.1, 0.15) is 11.1 Å². The number of rotatable bonds is 7. The summed E-state index contributed by atoms with van der Waals surface area (Å²) in [6.07, 6.45) is -2.61. The van der Waals surface area contributed by atoms with E-state index in [1.807, 2.05) is 30.3 Å². The Morgan fingerprint density at radius 1 is 0.909 bits per heavy atom. The summed E-state index contributed by atoms with van der Waals surface area (Å²) in [6, 6.07) is 20.6. The van der Waals surface area contributed by atoms with Crippen LogP contribution in [0.25, 0.3) is 16.9 Å². The molecule has 3 aromatic carbocycles. The van der Waals surface area contributed by atoms with Crippen LogP contribution in [0.5, 0.6) is 5.75 Å². The number of halogens is 5. The zero-order chi connectivity index (χ0) is 23.4. The largest absolute Gasteiger partial charge is 0.435 e. The Labute approximate surface area is 190 Å². The summed E-state index contributed by atoms with van der Waals surface area (Å²) >= 11 is 1.33. The normalized spacial score (nSPS) is 11.7. The number of thioether (sulfide) groups is 1. The van der Waals surface area contributed by atoms with Gasteiger partial charge in [-0.05, 0) is 29.8 Å². The van der Waals surface area contributed by atoms with Crippen LogP contribution < -0.4 is 4.74 Å². The lowest BCUT2D eigenvalue weighted by Crippen LogP contribution is -2.04. The molecule has 4 aromatic rings. The van der Waals surface area contributed by atoms with Crippen LogP contribution in [-0.2, 0) is 11.9 Å². The van der Waals surface area contributed by atoms with Crippen molar-refractivity contribution in [2.45, 2.75) is 23.7 Å². The van der Waals surface area contributed by atoms with Gasteiger partial charge in [0.2, 0.25) is 0 Å². The van der Waals surface area contributed by atoms with Crippen LogP contribution >= 0.6 is 11.8 Å². The Morgan fingerprint density at radius 3 is 2.30 bits per heavy atom. The van der Waals surface area contributed by atoms with Gasteiger partial charge in [0.05, 0.1) is 16.9 Å². The van der Waals surface area contributed by atoms with Gasteiger partial charge in [-0.1, -0.05) is 60.3 Å². The van der Waals surface area contributed by atoms with Crippen molar-refractivity contribution in [1.29, 1.82) is 0 Å². The van der Waals surface area contributed by atoms with E-state index in [0.717, 1.165) is 17.7 Å². The van der Waals surface area contributed by atoms with Gasteiger partial charge in [-0.15, -0.1) is 0 Å². The molecular formula is C24H17F5N2OS. The first kappa shape index (κ1) is 22.8. The summed E-state index contributed by atoms with van der Waals surface area (Å²) < 4.78 is 70.0. The third kappa shape index (κ3) is 5.73. The summed E-state index contributed by atoms with van der Waals surface area (Å²) in [5.41, 5.74) is 2.09. The third-order valence-corrected chi connectivity index (χ3v) is 5.74. The van der Waals surface area contributed by atoms with Crippen LogP contribution in [0.3, 0.4) is 0 Å². The fourth-order valence-corrected chi connectivity index (χ4v) is 4.09. The van der Waals surface area contributed by atoms with E-state index in [4.69, 9.17) is 0 Å². The average Bonchev–Trinajstić information content (AvgIpc) is 3.22. The molecule has 0 N–H and O–H groups in total. The molecule has 0 aliphatic rings. The van der Waals surface area contributed by atoms with Crippen molar-refractivity contribution >= 4 is 11.8 Å². The zero-order valence-electron chi connectivity index (χ0n) is 17.0. The van der Waals surface area contributed by atoms with Gasteiger partial charge in [0.15, 0.2) is 5.16 Å². The smallest absolute Gasteiger partial charge is 0.416 e. The molecule has 0 saturated heterocycles. The molecule has 0 radical (unpaired) electrons. The molecule has 4 rings (SSSR count). The molecule has 0 unspecified atom stereocenters. The second kappa shape index (κ2) is 9.66. The van der Waals surface area contributed by atoms with Crippen LogP contribution in [0.4, 0.5) is 22.0 Å². The average molecular weight is 476 g/mol. The lowest BCUT2D eigenvalue weighted by molar-refractivity contribution is -0.137. The lowest BCUT2D eigenvalue weighted by Gasteiger charge is -2.10. The summed E-state index contributed by atoms with van der Waals surface area (Å²) in [6.45, 7) is -2.95.